The SMILES string of the molecule is CC(C)NC(=O)NC(=O)CSC(C)CO. The Morgan fingerprint density at radius 3 is 2.40 bits per heavy atom. The van der Waals surface area contributed by atoms with E-state index in [4.69, 9.17) is 5.11 Å². The second-order valence-corrected chi connectivity index (χ2v) is 4.91. The zero-order valence-electron chi connectivity index (χ0n) is 9.24. The summed E-state index contributed by atoms with van der Waals surface area (Å²) in [4.78, 5) is 22.3. The Balaban J connectivity index is 3.69. The molecule has 0 heterocycles. The van der Waals surface area contributed by atoms with Gasteiger partial charge in [0, 0.05) is 11.3 Å². The van der Waals surface area contributed by atoms with Crippen molar-refractivity contribution in [2.45, 2.75) is 32.1 Å². The van der Waals surface area contributed by atoms with Crippen LogP contribution >= 0.6 is 11.8 Å². The van der Waals surface area contributed by atoms with Gasteiger partial charge in [0.25, 0.3) is 0 Å². The molecule has 5 nitrogen and oxygen atoms in total. The van der Waals surface area contributed by atoms with Gasteiger partial charge in [-0.15, -0.1) is 11.8 Å². The van der Waals surface area contributed by atoms with Crippen LogP contribution in [0.5, 0.6) is 0 Å². The fourth-order valence-corrected chi connectivity index (χ4v) is 1.35. The summed E-state index contributed by atoms with van der Waals surface area (Å²) < 4.78 is 0. The van der Waals surface area contributed by atoms with Gasteiger partial charge in [-0.1, -0.05) is 6.92 Å². The van der Waals surface area contributed by atoms with Gasteiger partial charge in [0.15, 0.2) is 0 Å². The first-order chi connectivity index (χ1) is 6.95. The van der Waals surface area contributed by atoms with Crippen LogP contribution in [-0.2, 0) is 4.79 Å². The molecule has 1 unspecified atom stereocenters. The molecule has 88 valence electrons. The first kappa shape index (κ1) is 14.2. The van der Waals surface area contributed by atoms with Gasteiger partial charge in [-0.05, 0) is 13.8 Å². The zero-order chi connectivity index (χ0) is 11.8. The van der Waals surface area contributed by atoms with Crippen molar-refractivity contribution in [3.8, 4) is 0 Å². The number of aliphatic hydroxyl groups is 1. The molecular formula is C9H18N2O3S. The summed E-state index contributed by atoms with van der Waals surface area (Å²) >= 11 is 1.30. The molecule has 0 aliphatic heterocycles. The van der Waals surface area contributed by atoms with Gasteiger partial charge in [0.2, 0.25) is 5.91 Å². The molecule has 1 atom stereocenters. The second-order valence-electron chi connectivity index (χ2n) is 3.48. The van der Waals surface area contributed by atoms with Gasteiger partial charge in [-0.25, -0.2) is 4.79 Å². The van der Waals surface area contributed by atoms with Crippen LogP contribution in [0.15, 0.2) is 0 Å². The lowest BCUT2D eigenvalue weighted by atomic mass is 10.4. The van der Waals surface area contributed by atoms with Gasteiger partial charge in [-0.3, -0.25) is 10.1 Å². The molecule has 0 aromatic heterocycles. The summed E-state index contributed by atoms with van der Waals surface area (Å²) in [5, 5.41) is 13.5. The molecule has 0 aromatic carbocycles. The lowest BCUT2D eigenvalue weighted by Gasteiger charge is -2.10. The third-order valence-electron chi connectivity index (χ3n) is 1.43. The van der Waals surface area contributed by atoms with E-state index in [2.05, 4.69) is 10.6 Å². The van der Waals surface area contributed by atoms with Crippen LogP contribution in [-0.4, -0.2) is 40.7 Å². The van der Waals surface area contributed by atoms with E-state index in [9.17, 15) is 9.59 Å². The number of aliphatic hydroxyl groups excluding tert-OH is 1. The highest BCUT2D eigenvalue weighted by atomic mass is 32.2. The number of hydrogen-bond donors (Lipinski definition) is 3. The van der Waals surface area contributed by atoms with Crippen LogP contribution in [0.25, 0.3) is 0 Å². The van der Waals surface area contributed by atoms with E-state index in [0.717, 1.165) is 0 Å². The second kappa shape index (κ2) is 7.53. The molecule has 0 fully saturated rings. The number of carbonyl (C=O) groups is 2. The van der Waals surface area contributed by atoms with E-state index >= 15 is 0 Å². The predicted molar refractivity (Wildman–Crippen MR) is 60.8 cm³/mol. The normalized spacial score (nSPS) is 12.3. The van der Waals surface area contributed by atoms with Crippen LogP contribution < -0.4 is 10.6 Å². The van der Waals surface area contributed by atoms with E-state index in [-0.39, 0.29) is 29.6 Å². The van der Waals surface area contributed by atoms with Crippen molar-refractivity contribution in [1.29, 1.82) is 0 Å². The maximum atomic E-state index is 11.2. The summed E-state index contributed by atoms with van der Waals surface area (Å²) in [5.41, 5.74) is 0. The molecule has 0 aliphatic carbocycles. The molecule has 3 N–H and O–H groups in total. The molecule has 0 saturated carbocycles. The maximum absolute atomic E-state index is 11.2. The Labute approximate surface area is 94.0 Å². The Bertz CT molecular complexity index is 221. The smallest absolute Gasteiger partial charge is 0.321 e. The van der Waals surface area contributed by atoms with Crippen molar-refractivity contribution in [2.75, 3.05) is 12.4 Å². The van der Waals surface area contributed by atoms with Crippen molar-refractivity contribution in [3.63, 3.8) is 0 Å². The van der Waals surface area contributed by atoms with Crippen molar-refractivity contribution in [1.82, 2.24) is 10.6 Å². The van der Waals surface area contributed by atoms with Gasteiger partial charge < -0.3 is 10.4 Å². The number of carbonyl (C=O) groups excluding carboxylic acids is 2. The minimum absolute atomic E-state index is 0.00168. The van der Waals surface area contributed by atoms with Crippen molar-refractivity contribution in [2.24, 2.45) is 0 Å². The van der Waals surface area contributed by atoms with E-state index < -0.39 is 6.03 Å². The fourth-order valence-electron chi connectivity index (χ4n) is 0.732. The number of urea groups is 1. The van der Waals surface area contributed by atoms with Gasteiger partial charge in [0.05, 0.1) is 12.4 Å². The monoisotopic (exact) mass is 234 g/mol. The van der Waals surface area contributed by atoms with Crippen molar-refractivity contribution >= 4 is 23.7 Å². The molecule has 0 spiro atoms. The molecule has 0 bridgehead atoms. The van der Waals surface area contributed by atoms with E-state index in [1.54, 1.807) is 0 Å². The summed E-state index contributed by atoms with van der Waals surface area (Å²) in [5.74, 6) is -0.175. The maximum Gasteiger partial charge on any atom is 0.321 e. The van der Waals surface area contributed by atoms with Crippen LogP contribution in [0.4, 0.5) is 4.79 Å². The lowest BCUT2D eigenvalue weighted by molar-refractivity contribution is -0.117. The van der Waals surface area contributed by atoms with Crippen molar-refractivity contribution < 1.29 is 14.7 Å². The van der Waals surface area contributed by atoms with Crippen LogP contribution in [0.3, 0.4) is 0 Å². The lowest BCUT2D eigenvalue weighted by Crippen LogP contribution is -2.43. The summed E-state index contributed by atoms with van der Waals surface area (Å²) in [6.07, 6.45) is 0. The highest BCUT2D eigenvalue weighted by molar-refractivity contribution is 8.00. The first-order valence-electron chi connectivity index (χ1n) is 4.78. The Morgan fingerprint density at radius 1 is 1.33 bits per heavy atom. The highest BCUT2D eigenvalue weighted by Gasteiger charge is 2.10. The van der Waals surface area contributed by atoms with Crippen LogP contribution in [0, 0.1) is 0 Å². The number of nitrogens with one attached hydrogen (secondary N) is 2. The molecule has 6 heteroatoms. The van der Waals surface area contributed by atoms with Crippen LogP contribution in [0.2, 0.25) is 0 Å². The Hall–Kier alpha value is -0.750. The molecular weight excluding hydrogens is 216 g/mol. The van der Waals surface area contributed by atoms with Crippen molar-refractivity contribution in [3.05, 3.63) is 0 Å². The highest BCUT2D eigenvalue weighted by Crippen LogP contribution is 2.07. The standard InChI is InChI=1S/C9H18N2O3S/c1-6(2)10-9(14)11-8(13)5-15-7(3)4-12/h6-7,12H,4-5H2,1-3H3,(H2,10,11,13,14). The minimum Gasteiger partial charge on any atom is -0.395 e. The predicted octanol–water partition coefficient (Wildman–Crippen LogP) is 0.335. The fraction of sp³-hybridized carbons (Fsp3) is 0.778. The number of hydrogen-bond acceptors (Lipinski definition) is 4. The number of amides is 3. The van der Waals surface area contributed by atoms with E-state index in [1.807, 2.05) is 20.8 Å². The molecule has 0 radical (unpaired) electrons. The number of thioether (sulfide) groups is 1. The zero-order valence-corrected chi connectivity index (χ0v) is 10.1. The van der Waals surface area contributed by atoms with Gasteiger partial charge in [0.1, 0.15) is 0 Å². The van der Waals surface area contributed by atoms with E-state index in [1.165, 1.54) is 11.8 Å². The summed E-state index contributed by atoms with van der Waals surface area (Å²) in [6.45, 7) is 5.46. The average molecular weight is 234 g/mol. The first-order valence-corrected chi connectivity index (χ1v) is 5.83. The number of imide groups is 1. The summed E-state index contributed by atoms with van der Waals surface area (Å²) in [7, 11) is 0. The summed E-state index contributed by atoms with van der Waals surface area (Å²) in [6, 6.07) is -0.478. The van der Waals surface area contributed by atoms with Gasteiger partial charge >= 0.3 is 6.03 Å². The van der Waals surface area contributed by atoms with Gasteiger partial charge in [-0.2, -0.15) is 0 Å². The molecule has 0 aromatic rings. The van der Waals surface area contributed by atoms with Crippen LogP contribution in [0.1, 0.15) is 20.8 Å². The molecule has 0 rings (SSSR count). The quantitative estimate of drug-likeness (QED) is 0.641. The minimum atomic E-state index is -0.479. The third kappa shape index (κ3) is 8.26. The average Bonchev–Trinajstić information content (AvgIpc) is 2.12. The largest absolute Gasteiger partial charge is 0.395 e. The third-order valence-corrected chi connectivity index (χ3v) is 2.58. The Morgan fingerprint density at radius 2 is 1.93 bits per heavy atom. The molecule has 0 saturated heterocycles. The molecule has 0 aliphatic rings. The molecule has 15 heavy (non-hydrogen) atoms. The van der Waals surface area contributed by atoms with E-state index in [0.29, 0.717) is 0 Å². The number of rotatable bonds is 5. The molecule has 3 amide bonds. The Kier molecular flexibility index (Phi) is 7.15. The topological polar surface area (TPSA) is 78.4 Å².